The van der Waals surface area contributed by atoms with Gasteiger partial charge in [-0.1, -0.05) is 32.8 Å². The fourth-order valence-corrected chi connectivity index (χ4v) is 7.51. The van der Waals surface area contributed by atoms with Crippen LogP contribution in [0.4, 0.5) is 132 Å². The summed E-state index contributed by atoms with van der Waals surface area (Å²) in [5, 5.41) is 0. The molecule has 0 spiro atoms. The third-order valence-electron chi connectivity index (χ3n) is 10.6. The number of halogens is 30. The van der Waals surface area contributed by atoms with Crippen molar-refractivity contribution >= 4 is 57.8 Å². The van der Waals surface area contributed by atoms with E-state index in [-0.39, 0.29) is 0 Å². The van der Waals surface area contributed by atoms with Crippen LogP contribution in [0.3, 0.4) is 0 Å². The molecule has 0 saturated heterocycles. The van der Waals surface area contributed by atoms with E-state index in [1.807, 2.05) is 0 Å². The Morgan fingerprint density at radius 3 is 0.384 bits per heavy atom. The van der Waals surface area contributed by atoms with Crippen molar-refractivity contribution in [2.75, 3.05) is 0 Å². The van der Waals surface area contributed by atoms with Gasteiger partial charge < -0.3 is 9.81 Å². The van der Waals surface area contributed by atoms with Gasteiger partial charge in [-0.05, 0) is 0 Å². The second-order valence-corrected chi connectivity index (χ2v) is 14.2. The van der Waals surface area contributed by atoms with Crippen molar-refractivity contribution in [3.8, 4) is 0 Å². The van der Waals surface area contributed by atoms with Crippen LogP contribution in [0.15, 0.2) is 9.81 Å². The molecule has 0 fully saturated rings. The average molecular weight is 1090 g/mol. The molecule has 0 saturated carbocycles. The quantitative estimate of drug-likeness (QED) is 0.0432. The summed E-state index contributed by atoms with van der Waals surface area (Å²) in [4.78, 5) is 4.82. The van der Waals surface area contributed by atoms with Crippen LogP contribution in [0, 0.1) is 181 Å². The Labute approximate surface area is 380 Å². The zero-order valence-electron chi connectivity index (χ0n) is 33.0. The minimum atomic E-state index is -7.06. The predicted molar refractivity (Wildman–Crippen MR) is 186 cm³/mol. The first kappa shape index (κ1) is 55.0. The molecule has 385 valence electrons. The molecular weight excluding hydrogens is 1090 g/mol. The zero-order chi connectivity index (χ0) is 55.3. The van der Waals surface area contributed by atoms with Gasteiger partial charge in [0.2, 0.25) is 12.6 Å². The molecule has 0 bridgehead atoms. The number of hydrogen-bond donors (Lipinski definition) is 0. The number of hydrogen-bond acceptors (Lipinski definition) is 2. The molecule has 0 aliphatic rings. The molecule has 6 aromatic rings. The van der Waals surface area contributed by atoms with E-state index in [1.165, 1.54) is 0 Å². The highest BCUT2D eigenvalue weighted by molar-refractivity contribution is 7.11. The highest BCUT2D eigenvalue weighted by atomic mass is 19.2. The molecule has 0 atom stereocenters. The van der Waals surface area contributed by atoms with Gasteiger partial charge in [0.15, 0.2) is 105 Å². The lowest BCUT2D eigenvalue weighted by Gasteiger charge is -2.41. The molecule has 34 heteroatoms. The molecule has 6 aromatic carbocycles. The topological polar surface area (TPSA) is 24.7 Å². The van der Waals surface area contributed by atoms with Crippen molar-refractivity contribution < 1.29 is 132 Å². The maximum atomic E-state index is 15.8. The summed E-state index contributed by atoms with van der Waals surface area (Å²) in [5.41, 5.74) is -21.2. The average Bonchev–Trinajstić information content (AvgIpc) is 3.35. The van der Waals surface area contributed by atoms with Gasteiger partial charge in [0, 0.05) is 12.4 Å². The van der Waals surface area contributed by atoms with Gasteiger partial charge in [-0.15, -0.1) is 0 Å². The van der Waals surface area contributed by atoms with E-state index >= 15 is 52.7 Å². The first-order chi connectivity index (χ1) is 33.8. The summed E-state index contributed by atoms with van der Waals surface area (Å²) >= 11 is 0. The molecule has 0 aliphatic carbocycles. The van der Waals surface area contributed by atoms with E-state index in [0.717, 1.165) is 0 Å². The predicted octanol–water partition coefficient (Wildman–Crippen LogP) is 8.59. The molecule has 0 unspecified atom stereocenters. The first-order valence-electron chi connectivity index (χ1n) is 17.9. The largest absolute Gasteiger partial charge is 0.484 e. The van der Waals surface area contributed by atoms with Gasteiger partial charge in [-0.3, -0.25) is 0 Å². The van der Waals surface area contributed by atoms with Gasteiger partial charge in [0.25, 0.3) is 0 Å². The molecule has 0 N–H and O–H groups in total. The van der Waals surface area contributed by atoms with Crippen LogP contribution in [-0.4, -0.2) is 25.0 Å². The fraction of sp³-hybridized carbons (Fsp3) is 0. The van der Waals surface area contributed by atoms with Gasteiger partial charge >= 0.3 is 0 Å². The molecule has 0 heterocycles. The van der Waals surface area contributed by atoms with Gasteiger partial charge in [0.05, 0.1) is 6.42 Å². The number of nitrogens with zero attached hydrogens (tertiary/aromatic N) is 2. The highest BCUT2D eigenvalue weighted by Crippen LogP contribution is 2.31. The monoisotopic (exact) mass is 1090 g/mol. The van der Waals surface area contributed by atoms with Gasteiger partial charge in [-0.25, -0.2) is 132 Å². The first-order valence-corrected chi connectivity index (χ1v) is 17.9. The molecule has 2 nitrogen and oxygen atoms in total. The smallest absolute Gasteiger partial charge is 0.205 e. The van der Waals surface area contributed by atoms with Crippen molar-refractivity contribution in [3.05, 3.63) is 181 Å². The SMILES string of the molecule is Fc1c(F)c(F)c([B-](N=[C][CH][C]=N[B-](c2c(F)c(F)c(F)c(F)c2F)(c2c(F)c(F)c(F)c(F)c2F)c2c(F)c(F)c(F)c(F)c2F)(c2c(F)c(F)c(F)c(F)c2F)c2c(F)c(F)c(F)c(F)c2F)c(F)c1F. The van der Waals surface area contributed by atoms with Gasteiger partial charge in [-0.2, -0.15) is 0 Å². The van der Waals surface area contributed by atoms with E-state index in [9.17, 15) is 79.0 Å². The second-order valence-electron chi connectivity index (χ2n) is 14.2. The van der Waals surface area contributed by atoms with Crippen LogP contribution in [0.1, 0.15) is 0 Å². The van der Waals surface area contributed by atoms with E-state index in [4.69, 9.17) is 0 Å². The van der Waals surface area contributed by atoms with Crippen LogP contribution < -0.4 is 32.8 Å². The summed E-state index contributed by atoms with van der Waals surface area (Å²) in [5.74, 6) is -109. The van der Waals surface area contributed by atoms with Crippen molar-refractivity contribution in [1.29, 1.82) is 0 Å². The number of rotatable bonds is 10. The Morgan fingerprint density at radius 1 is 0.178 bits per heavy atom. The Balaban J connectivity index is 1.90. The van der Waals surface area contributed by atoms with E-state index < -0.39 is 226 Å². The van der Waals surface area contributed by atoms with E-state index in [0.29, 0.717) is 12.4 Å². The molecule has 0 aromatic heterocycles. The molecule has 6 rings (SSSR count). The van der Waals surface area contributed by atoms with Crippen LogP contribution in [0.5, 0.6) is 0 Å². The van der Waals surface area contributed by atoms with E-state index in [1.54, 1.807) is 0 Å². The lowest BCUT2D eigenvalue weighted by molar-refractivity contribution is 0.379. The summed E-state index contributed by atoms with van der Waals surface area (Å²) < 4.78 is 454. The standard InChI is InChI=1S/C39HB2F30N2/c42-10-4(11(43)23(55)34(66)22(10)54)40(5-12(44)24(56)35(67)25(57)13(5)45,6-14(46)26(58)36(68)27(59)15(6)47)72-2-1-3-73-41(7-16(48)28(60)37(69)29(61)17(7)49,8-18(50)30(62)38(70)31(63)19(8)51)9-20(52)32(64)39(71)33(65)21(9)53/h1H/q-2. The summed E-state index contributed by atoms with van der Waals surface area (Å²) in [6.07, 6.45) is -14.0. The fourth-order valence-electron chi connectivity index (χ4n) is 7.51. The van der Waals surface area contributed by atoms with Crippen LogP contribution >= 0.6 is 0 Å². The van der Waals surface area contributed by atoms with Crippen LogP contribution in [0.25, 0.3) is 0 Å². The molecule has 0 aliphatic heterocycles. The minimum absolute atomic E-state index is 0.586. The molecule has 3 radical (unpaired) electrons. The van der Waals surface area contributed by atoms with Crippen molar-refractivity contribution in [1.82, 2.24) is 0 Å². The minimum Gasteiger partial charge on any atom is -0.484 e. The van der Waals surface area contributed by atoms with Crippen molar-refractivity contribution in [3.63, 3.8) is 0 Å². The van der Waals surface area contributed by atoms with E-state index in [2.05, 4.69) is 9.81 Å². The second kappa shape index (κ2) is 18.9. The van der Waals surface area contributed by atoms with Gasteiger partial charge in [0.1, 0.15) is 69.8 Å². The molecule has 73 heavy (non-hydrogen) atoms. The number of benzene rings is 6. The molecular formula is C39HB2F30N2-2. The Kier molecular flexibility index (Phi) is 14.3. The maximum absolute atomic E-state index is 15.8. The summed E-state index contributed by atoms with van der Waals surface area (Å²) in [6.45, 7) is 0. The highest BCUT2D eigenvalue weighted by Gasteiger charge is 2.50. The van der Waals surface area contributed by atoms with Crippen LogP contribution in [-0.2, 0) is 0 Å². The van der Waals surface area contributed by atoms with Crippen LogP contribution in [0.2, 0.25) is 0 Å². The summed E-state index contributed by atoms with van der Waals surface area (Å²) in [7, 11) is 0. The van der Waals surface area contributed by atoms with Crippen molar-refractivity contribution in [2.24, 2.45) is 9.81 Å². The summed E-state index contributed by atoms with van der Waals surface area (Å²) in [6, 6.07) is 0. The normalized spacial score (nSPS) is 12.5. The Hall–Kier alpha value is -7.31. The lowest BCUT2D eigenvalue weighted by atomic mass is 9.24. The third-order valence-corrected chi connectivity index (χ3v) is 10.6. The van der Waals surface area contributed by atoms with Crippen molar-refractivity contribution in [2.45, 2.75) is 0 Å². The Bertz CT molecular complexity index is 2730. The third kappa shape index (κ3) is 7.62. The Morgan fingerprint density at radius 2 is 0.274 bits per heavy atom. The maximum Gasteiger partial charge on any atom is 0.205 e. The zero-order valence-corrected chi connectivity index (χ0v) is 33.0. The molecule has 0 amide bonds. The lowest BCUT2D eigenvalue weighted by Crippen LogP contribution is -2.72.